The van der Waals surface area contributed by atoms with Gasteiger partial charge in [-0.3, -0.25) is 0 Å². The molecule has 1 atom stereocenters. The van der Waals surface area contributed by atoms with E-state index in [1.807, 2.05) is 30.3 Å². The van der Waals surface area contributed by atoms with Gasteiger partial charge in [-0.1, -0.05) is 0 Å². The van der Waals surface area contributed by atoms with Gasteiger partial charge in [0.1, 0.15) is 18.1 Å². The summed E-state index contributed by atoms with van der Waals surface area (Å²) in [7, 11) is 6.24. The minimum absolute atomic E-state index is 0.112. The van der Waals surface area contributed by atoms with Crippen LogP contribution in [0.4, 0.5) is 0 Å². The zero-order valence-electron chi connectivity index (χ0n) is 16.0. The minimum Gasteiger partial charge on any atom is -0.497 e. The average molecular weight is 384 g/mol. The zero-order valence-corrected chi connectivity index (χ0v) is 16.0. The molecule has 28 heavy (non-hydrogen) atoms. The first kappa shape index (κ1) is 18.0. The Kier molecular flexibility index (Phi) is 4.50. The summed E-state index contributed by atoms with van der Waals surface area (Å²) in [5.74, 6) is 2.49. The van der Waals surface area contributed by atoms with Crippen molar-refractivity contribution in [3.63, 3.8) is 0 Å². The number of hydrogen-bond donors (Lipinski definition) is 0. The Morgan fingerprint density at radius 3 is 2.25 bits per heavy atom. The highest BCUT2D eigenvalue weighted by Gasteiger charge is 2.41. The van der Waals surface area contributed by atoms with Crippen LogP contribution in [0.2, 0.25) is 0 Å². The van der Waals surface area contributed by atoms with Crippen molar-refractivity contribution in [3.05, 3.63) is 52.8 Å². The number of carbonyl (C=O) groups excluding carboxylic acids is 1. The highest BCUT2D eigenvalue weighted by molar-refractivity contribution is 5.95. The molecule has 2 aromatic carbocycles. The third kappa shape index (κ3) is 2.70. The smallest absolute Gasteiger partial charge is 0.339 e. The first-order chi connectivity index (χ1) is 13.6. The van der Waals surface area contributed by atoms with Crippen LogP contribution in [0.15, 0.2) is 41.7 Å². The van der Waals surface area contributed by atoms with Crippen LogP contribution in [0.1, 0.15) is 17.0 Å². The molecule has 4 rings (SSSR count). The van der Waals surface area contributed by atoms with Gasteiger partial charge < -0.3 is 28.4 Å². The van der Waals surface area contributed by atoms with Gasteiger partial charge in [-0.05, 0) is 35.9 Å². The standard InChI is InChI=1S/C21H20O7/c1-23-12-5-6-14-13(9-12)18(19-17(28-14)10-27-21(19)22)11-7-15(24-2)20(26-4)16(8-11)25-3/h5-9,18H,10H2,1-4H3/t18-/m1/s1. The van der Waals surface area contributed by atoms with Gasteiger partial charge in [0.05, 0.1) is 34.0 Å². The van der Waals surface area contributed by atoms with Gasteiger partial charge in [-0.25, -0.2) is 4.79 Å². The molecule has 0 aliphatic carbocycles. The number of ether oxygens (including phenoxy) is 6. The number of benzene rings is 2. The summed E-state index contributed by atoms with van der Waals surface area (Å²) in [5, 5.41) is 0. The SMILES string of the molecule is COc1ccc2c(c1)[C@@H](c1cc(OC)c(OC)c(OC)c1)C1=C(COC1=O)O2. The molecule has 146 valence electrons. The maximum absolute atomic E-state index is 12.5. The van der Waals surface area contributed by atoms with E-state index in [2.05, 4.69) is 0 Å². The van der Waals surface area contributed by atoms with E-state index in [-0.39, 0.29) is 6.61 Å². The van der Waals surface area contributed by atoms with Crippen LogP contribution in [0.25, 0.3) is 0 Å². The third-order valence-electron chi connectivity index (χ3n) is 4.92. The van der Waals surface area contributed by atoms with E-state index < -0.39 is 11.9 Å². The number of cyclic esters (lactones) is 1. The number of carbonyl (C=O) groups is 1. The van der Waals surface area contributed by atoms with Gasteiger partial charge >= 0.3 is 5.97 Å². The van der Waals surface area contributed by atoms with Crippen molar-refractivity contribution in [2.24, 2.45) is 0 Å². The Hall–Kier alpha value is -3.35. The van der Waals surface area contributed by atoms with Crippen LogP contribution in [0.5, 0.6) is 28.7 Å². The van der Waals surface area contributed by atoms with Crippen molar-refractivity contribution in [1.82, 2.24) is 0 Å². The van der Waals surface area contributed by atoms with Crippen LogP contribution in [0, 0.1) is 0 Å². The first-order valence-corrected chi connectivity index (χ1v) is 8.67. The average Bonchev–Trinajstić information content (AvgIpc) is 3.10. The molecule has 0 aromatic heterocycles. The van der Waals surface area contributed by atoms with Crippen LogP contribution in [0.3, 0.4) is 0 Å². The van der Waals surface area contributed by atoms with Gasteiger partial charge in [0.15, 0.2) is 17.3 Å². The molecule has 0 spiro atoms. The molecule has 0 unspecified atom stereocenters. The Morgan fingerprint density at radius 1 is 0.929 bits per heavy atom. The first-order valence-electron chi connectivity index (χ1n) is 8.67. The van der Waals surface area contributed by atoms with Crippen molar-refractivity contribution in [3.8, 4) is 28.7 Å². The van der Waals surface area contributed by atoms with Crippen LogP contribution in [-0.2, 0) is 9.53 Å². The lowest BCUT2D eigenvalue weighted by Gasteiger charge is -2.27. The normalized spacial score (nSPS) is 17.3. The second-order valence-corrected chi connectivity index (χ2v) is 6.31. The monoisotopic (exact) mass is 384 g/mol. The highest BCUT2D eigenvalue weighted by Crippen LogP contribution is 2.49. The van der Waals surface area contributed by atoms with Gasteiger partial charge in [-0.15, -0.1) is 0 Å². The maximum Gasteiger partial charge on any atom is 0.339 e. The fourth-order valence-corrected chi connectivity index (χ4v) is 3.64. The Labute approximate surface area is 162 Å². The summed E-state index contributed by atoms with van der Waals surface area (Å²) < 4.78 is 32.9. The summed E-state index contributed by atoms with van der Waals surface area (Å²) in [6.45, 7) is 0.112. The molecule has 2 aromatic rings. The van der Waals surface area contributed by atoms with Gasteiger partial charge in [0.25, 0.3) is 0 Å². The quantitative estimate of drug-likeness (QED) is 0.734. The molecule has 0 saturated heterocycles. The predicted molar refractivity (Wildman–Crippen MR) is 99.5 cm³/mol. The van der Waals surface area contributed by atoms with E-state index in [0.717, 1.165) is 11.1 Å². The summed E-state index contributed by atoms with van der Waals surface area (Å²) in [6, 6.07) is 9.16. The zero-order chi connectivity index (χ0) is 19.8. The fraction of sp³-hybridized carbons (Fsp3) is 0.286. The lowest BCUT2D eigenvalue weighted by molar-refractivity contribution is -0.136. The van der Waals surface area contributed by atoms with Crippen molar-refractivity contribution >= 4 is 5.97 Å². The molecule has 0 radical (unpaired) electrons. The molecule has 0 amide bonds. The number of fused-ring (bicyclic) bond motifs is 1. The summed E-state index contributed by atoms with van der Waals surface area (Å²) >= 11 is 0. The lowest BCUT2D eigenvalue weighted by Crippen LogP contribution is -2.18. The molecule has 7 nitrogen and oxygen atoms in total. The second kappa shape index (κ2) is 6.99. The topological polar surface area (TPSA) is 72.5 Å². The Bertz CT molecular complexity index is 952. The molecule has 2 aliphatic heterocycles. The van der Waals surface area contributed by atoms with Crippen LogP contribution in [-0.4, -0.2) is 41.0 Å². The fourth-order valence-electron chi connectivity index (χ4n) is 3.64. The summed E-state index contributed by atoms with van der Waals surface area (Å²) in [6.07, 6.45) is 0. The van der Waals surface area contributed by atoms with Gasteiger partial charge in [-0.2, -0.15) is 0 Å². The van der Waals surface area contributed by atoms with Crippen molar-refractivity contribution in [2.45, 2.75) is 5.92 Å². The highest BCUT2D eigenvalue weighted by atomic mass is 16.6. The van der Waals surface area contributed by atoms with Crippen LogP contribution >= 0.6 is 0 Å². The lowest BCUT2D eigenvalue weighted by atomic mass is 9.82. The van der Waals surface area contributed by atoms with E-state index in [4.69, 9.17) is 28.4 Å². The molecule has 7 heteroatoms. The molecular weight excluding hydrogens is 364 g/mol. The van der Waals surface area contributed by atoms with E-state index in [1.165, 1.54) is 0 Å². The van der Waals surface area contributed by atoms with E-state index in [1.54, 1.807) is 28.4 Å². The van der Waals surface area contributed by atoms with Gasteiger partial charge in [0.2, 0.25) is 5.75 Å². The number of hydrogen-bond acceptors (Lipinski definition) is 7. The molecule has 0 N–H and O–H groups in total. The van der Waals surface area contributed by atoms with Gasteiger partial charge in [0, 0.05) is 11.5 Å². The summed E-state index contributed by atoms with van der Waals surface area (Å²) in [4.78, 5) is 12.5. The molecule has 2 heterocycles. The summed E-state index contributed by atoms with van der Waals surface area (Å²) in [5.41, 5.74) is 2.06. The molecule has 0 fully saturated rings. The van der Waals surface area contributed by atoms with Crippen LogP contribution < -0.4 is 23.7 Å². The number of methoxy groups -OCH3 is 4. The van der Waals surface area contributed by atoms with Crippen molar-refractivity contribution in [2.75, 3.05) is 35.0 Å². The maximum atomic E-state index is 12.5. The minimum atomic E-state index is -0.419. The molecule has 0 bridgehead atoms. The van der Waals surface area contributed by atoms with E-state index in [9.17, 15) is 4.79 Å². The number of rotatable bonds is 5. The predicted octanol–water partition coefficient (Wildman–Crippen LogP) is 3.06. The Morgan fingerprint density at radius 2 is 1.64 bits per heavy atom. The number of esters is 1. The van der Waals surface area contributed by atoms with Crippen molar-refractivity contribution < 1.29 is 33.2 Å². The van der Waals surface area contributed by atoms with E-state index >= 15 is 0 Å². The largest absolute Gasteiger partial charge is 0.497 e. The third-order valence-corrected chi connectivity index (χ3v) is 4.92. The van der Waals surface area contributed by atoms with Crippen molar-refractivity contribution in [1.29, 1.82) is 0 Å². The molecular formula is C21H20O7. The second-order valence-electron chi connectivity index (χ2n) is 6.31. The molecule has 2 aliphatic rings. The molecule has 0 saturated carbocycles. The van der Waals surface area contributed by atoms with E-state index in [0.29, 0.717) is 40.1 Å². The Balaban J connectivity index is 1.96.